The Kier molecular flexibility index (Phi) is 4.04. The Morgan fingerprint density at radius 1 is 1.33 bits per heavy atom. The molecular formula is C13H16N4S. The number of thioether (sulfide) groups is 1. The van der Waals surface area contributed by atoms with Crippen LogP contribution in [-0.4, -0.2) is 21.5 Å². The maximum atomic E-state index is 4.37. The zero-order valence-corrected chi connectivity index (χ0v) is 11.5. The van der Waals surface area contributed by atoms with Gasteiger partial charge in [0.05, 0.1) is 23.3 Å². The molecule has 0 spiro atoms. The normalized spacial score (nSPS) is 11.6. The van der Waals surface area contributed by atoms with E-state index >= 15 is 0 Å². The number of hydrazone groups is 1. The van der Waals surface area contributed by atoms with Crippen LogP contribution < -0.4 is 5.43 Å². The fraction of sp³-hybridized carbons (Fsp3) is 0.231. The Morgan fingerprint density at radius 3 is 2.67 bits per heavy atom. The second kappa shape index (κ2) is 5.73. The topological polar surface area (TPSA) is 42.2 Å². The highest BCUT2D eigenvalue weighted by molar-refractivity contribution is 7.98. The minimum Gasteiger partial charge on any atom is -0.321 e. The monoisotopic (exact) mass is 260 g/mol. The molecule has 1 aromatic carbocycles. The number of nitrogens with one attached hydrogen (secondary N) is 1. The van der Waals surface area contributed by atoms with Crippen molar-refractivity contribution in [2.24, 2.45) is 12.1 Å². The third-order valence-electron chi connectivity index (χ3n) is 2.63. The van der Waals surface area contributed by atoms with Gasteiger partial charge in [-0.1, -0.05) is 30.0 Å². The van der Waals surface area contributed by atoms with Gasteiger partial charge < -0.3 is 4.57 Å². The van der Waals surface area contributed by atoms with E-state index in [0.717, 1.165) is 22.2 Å². The molecule has 0 saturated carbocycles. The van der Waals surface area contributed by atoms with E-state index in [9.17, 15) is 0 Å². The molecule has 4 nitrogen and oxygen atoms in total. The summed E-state index contributed by atoms with van der Waals surface area (Å²) in [5.74, 6) is 0. The first kappa shape index (κ1) is 12.7. The quantitative estimate of drug-likeness (QED) is 0.522. The van der Waals surface area contributed by atoms with E-state index in [1.165, 1.54) is 0 Å². The summed E-state index contributed by atoms with van der Waals surface area (Å²) in [4.78, 5) is 4.33. The fourth-order valence-corrected chi connectivity index (χ4v) is 2.17. The third-order valence-corrected chi connectivity index (χ3v) is 3.37. The molecule has 0 aliphatic carbocycles. The van der Waals surface area contributed by atoms with Crippen LogP contribution in [0.25, 0.3) is 0 Å². The van der Waals surface area contributed by atoms with Gasteiger partial charge in [0.15, 0.2) is 5.16 Å². The molecular weight excluding hydrogens is 244 g/mol. The highest BCUT2D eigenvalue weighted by Crippen LogP contribution is 2.14. The summed E-state index contributed by atoms with van der Waals surface area (Å²) in [6.07, 6.45) is 3.86. The van der Waals surface area contributed by atoms with Crippen molar-refractivity contribution in [2.45, 2.75) is 12.1 Å². The molecule has 0 amide bonds. The molecule has 0 atom stereocenters. The van der Waals surface area contributed by atoms with Crippen LogP contribution in [0, 0.1) is 0 Å². The van der Waals surface area contributed by atoms with E-state index in [0.29, 0.717) is 0 Å². The molecule has 0 radical (unpaired) electrons. The number of nitrogens with zero attached hydrogens (tertiary/aromatic N) is 3. The number of imidazole rings is 1. The molecule has 5 heteroatoms. The van der Waals surface area contributed by atoms with Crippen LogP contribution in [0.3, 0.4) is 0 Å². The average molecular weight is 260 g/mol. The molecule has 0 bridgehead atoms. The number of hydrogen-bond donors (Lipinski definition) is 1. The minimum atomic E-state index is 0.911. The van der Waals surface area contributed by atoms with Gasteiger partial charge in [0.25, 0.3) is 0 Å². The highest BCUT2D eigenvalue weighted by atomic mass is 32.2. The van der Waals surface area contributed by atoms with Crippen molar-refractivity contribution >= 4 is 23.2 Å². The molecule has 2 aromatic rings. The zero-order chi connectivity index (χ0) is 13.0. The SMILES string of the molecule is CSc1ncc(/C(C)=N/Nc2ccccc2)n1C. The Bertz CT molecular complexity index is 545. The molecule has 1 N–H and O–H groups in total. The van der Waals surface area contributed by atoms with Crippen molar-refractivity contribution in [1.29, 1.82) is 0 Å². The number of hydrogen-bond acceptors (Lipinski definition) is 4. The number of para-hydroxylation sites is 1. The fourth-order valence-electron chi connectivity index (χ4n) is 1.64. The van der Waals surface area contributed by atoms with Gasteiger partial charge >= 0.3 is 0 Å². The van der Waals surface area contributed by atoms with Gasteiger partial charge in [-0.15, -0.1) is 0 Å². The molecule has 94 valence electrons. The van der Waals surface area contributed by atoms with E-state index in [1.807, 2.05) is 61.3 Å². The summed E-state index contributed by atoms with van der Waals surface area (Å²) < 4.78 is 2.04. The summed E-state index contributed by atoms with van der Waals surface area (Å²) in [7, 11) is 2.00. The van der Waals surface area contributed by atoms with Gasteiger partial charge in [-0.2, -0.15) is 5.10 Å². The molecule has 0 unspecified atom stereocenters. The number of benzene rings is 1. The first-order valence-electron chi connectivity index (χ1n) is 5.64. The van der Waals surface area contributed by atoms with E-state index in [1.54, 1.807) is 11.8 Å². The average Bonchev–Trinajstić information content (AvgIpc) is 2.78. The standard InChI is InChI=1S/C13H16N4S/c1-10(12-9-14-13(18-3)17(12)2)15-16-11-7-5-4-6-8-11/h4-9,16H,1-3H3/b15-10+. The lowest BCUT2D eigenvalue weighted by Gasteiger charge is -2.05. The number of anilines is 1. The Morgan fingerprint density at radius 2 is 2.06 bits per heavy atom. The highest BCUT2D eigenvalue weighted by Gasteiger charge is 2.07. The van der Waals surface area contributed by atoms with Gasteiger partial charge in [0.2, 0.25) is 0 Å². The Balaban J connectivity index is 2.15. The maximum Gasteiger partial charge on any atom is 0.167 e. The molecule has 0 saturated heterocycles. The van der Waals surface area contributed by atoms with Gasteiger partial charge in [-0.25, -0.2) is 4.98 Å². The zero-order valence-electron chi connectivity index (χ0n) is 10.7. The second-order valence-electron chi connectivity index (χ2n) is 3.86. The van der Waals surface area contributed by atoms with Crippen LogP contribution in [0.4, 0.5) is 5.69 Å². The van der Waals surface area contributed by atoms with Crippen LogP contribution in [-0.2, 0) is 7.05 Å². The van der Waals surface area contributed by atoms with Crippen molar-refractivity contribution in [3.05, 3.63) is 42.2 Å². The van der Waals surface area contributed by atoms with Crippen molar-refractivity contribution in [1.82, 2.24) is 9.55 Å². The summed E-state index contributed by atoms with van der Waals surface area (Å²) in [5, 5.41) is 5.36. The maximum absolute atomic E-state index is 4.37. The van der Waals surface area contributed by atoms with Crippen LogP contribution in [0.2, 0.25) is 0 Å². The predicted molar refractivity (Wildman–Crippen MR) is 77.3 cm³/mol. The lowest BCUT2D eigenvalue weighted by atomic mass is 10.3. The van der Waals surface area contributed by atoms with Crippen molar-refractivity contribution in [3.63, 3.8) is 0 Å². The Hall–Kier alpha value is -1.75. The molecule has 0 aliphatic rings. The number of aromatic nitrogens is 2. The van der Waals surface area contributed by atoms with E-state index in [2.05, 4.69) is 15.5 Å². The van der Waals surface area contributed by atoms with Gasteiger partial charge in [0.1, 0.15) is 0 Å². The lowest BCUT2D eigenvalue weighted by Crippen LogP contribution is -2.06. The first-order valence-corrected chi connectivity index (χ1v) is 6.86. The predicted octanol–water partition coefficient (Wildman–Crippen LogP) is 2.98. The van der Waals surface area contributed by atoms with E-state index in [-0.39, 0.29) is 0 Å². The third kappa shape index (κ3) is 2.73. The smallest absolute Gasteiger partial charge is 0.167 e. The minimum absolute atomic E-state index is 0.911. The van der Waals surface area contributed by atoms with Crippen LogP contribution >= 0.6 is 11.8 Å². The first-order chi connectivity index (χ1) is 8.72. The molecule has 0 fully saturated rings. The lowest BCUT2D eigenvalue weighted by molar-refractivity contribution is 0.784. The molecule has 0 aliphatic heterocycles. The summed E-state index contributed by atoms with van der Waals surface area (Å²) in [6.45, 7) is 1.97. The van der Waals surface area contributed by atoms with E-state index in [4.69, 9.17) is 0 Å². The second-order valence-corrected chi connectivity index (χ2v) is 4.64. The van der Waals surface area contributed by atoms with Crippen LogP contribution in [0.5, 0.6) is 0 Å². The molecule has 18 heavy (non-hydrogen) atoms. The van der Waals surface area contributed by atoms with Gasteiger partial charge in [-0.05, 0) is 25.3 Å². The summed E-state index contributed by atoms with van der Waals surface area (Å²) in [6, 6.07) is 9.89. The summed E-state index contributed by atoms with van der Waals surface area (Å²) in [5.41, 5.74) is 5.94. The summed E-state index contributed by atoms with van der Waals surface area (Å²) >= 11 is 1.62. The Labute approximate surface area is 111 Å². The van der Waals surface area contributed by atoms with Crippen LogP contribution in [0.15, 0.2) is 46.8 Å². The number of rotatable bonds is 4. The van der Waals surface area contributed by atoms with Crippen molar-refractivity contribution in [2.75, 3.05) is 11.7 Å². The van der Waals surface area contributed by atoms with Gasteiger partial charge in [0, 0.05) is 7.05 Å². The largest absolute Gasteiger partial charge is 0.321 e. The molecule has 1 aromatic heterocycles. The molecule has 2 rings (SSSR count). The van der Waals surface area contributed by atoms with Crippen LogP contribution in [0.1, 0.15) is 12.6 Å². The van der Waals surface area contributed by atoms with E-state index < -0.39 is 0 Å². The van der Waals surface area contributed by atoms with Gasteiger partial charge in [-0.3, -0.25) is 5.43 Å². The molecule has 1 heterocycles. The van der Waals surface area contributed by atoms with Crippen molar-refractivity contribution in [3.8, 4) is 0 Å². The van der Waals surface area contributed by atoms with Crippen molar-refractivity contribution < 1.29 is 0 Å².